The summed E-state index contributed by atoms with van der Waals surface area (Å²) in [6, 6.07) is 14.9. The summed E-state index contributed by atoms with van der Waals surface area (Å²) in [5, 5.41) is 10.4. The van der Waals surface area contributed by atoms with Crippen LogP contribution in [0.2, 0.25) is 5.02 Å². The number of aromatic nitrogens is 2. The highest BCUT2D eigenvalue weighted by atomic mass is 79.9. The molecule has 0 aliphatic rings. The van der Waals surface area contributed by atoms with Gasteiger partial charge in [-0.15, -0.1) is 0 Å². The molecule has 0 bridgehead atoms. The molecule has 3 aromatic rings. The third-order valence-corrected chi connectivity index (χ3v) is 4.35. The van der Waals surface area contributed by atoms with Crippen LogP contribution in [0.3, 0.4) is 0 Å². The molecule has 7 heteroatoms. The highest BCUT2D eigenvalue weighted by Gasteiger charge is 2.11. The molecule has 5 nitrogen and oxygen atoms in total. The molecule has 0 radical (unpaired) electrons. The summed E-state index contributed by atoms with van der Waals surface area (Å²) in [5.41, 5.74) is 2.55. The summed E-state index contributed by atoms with van der Waals surface area (Å²) in [5.74, 6) is 0.515. The number of hydrogen-bond acceptors (Lipinski definition) is 2. The number of carbonyl (C=O) groups is 1. The molecular formula is C18H16BrClN4O. The van der Waals surface area contributed by atoms with Crippen molar-refractivity contribution >= 4 is 45.1 Å². The van der Waals surface area contributed by atoms with Gasteiger partial charge in [0.15, 0.2) is 5.82 Å². The van der Waals surface area contributed by atoms with Crippen molar-refractivity contribution in [2.45, 2.75) is 13.5 Å². The minimum absolute atomic E-state index is 0.391. The van der Waals surface area contributed by atoms with E-state index >= 15 is 0 Å². The molecule has 2 N–H and O–H groups in total. The number of amides is 2. The van der Waals surface area contributed by atoms with Crippen LogP contribution >= 0.6 is 27.5 Å². The molecule has 0 saturated carbocycles. The Morgan fingerprint density at radius 1 is 1.20 bits per heavy atom. The van der Waals surface area contributed by atoms with Crippen molar-refractivity contribution in [3.05, 3.63) is 75.4 Å². The lowest BCUT2D eigenvalue weighted by molar-refractivity contribution is 0.262. The van der Waals surface area contributed by atoms with Crippen molar-refractivity contribution < 1.29 is 4.79 Å². The number of hydrogen-bond donors (Lipinski definition) is 2. The van der Waals surface area contributed by atoms with Gasteiger partial charge in [-0.3, -0.25) is 10.00 Å². The minimum Gasteiger partial charge on any atom is -0.306 e. The van der Waals surface area contributed by atoms with Gasteiger partial charge < -0.3 is 5.32 Å². The van der Waals surface area contributed by atoms with E-state index in [2.05, 4.69) is 31.7 Å². The van der Waals surface area contributed by atoms with Crippen LogP contribution in [0, 0.1) is 6.92 Å². The fourth-order valence-corrected chi connectivity index (χ4v) is 3.07. The molecule has 128 valence electrons. The van der Waals surface area contributed by atoms with Crippen molar-refractivity contribution in [2.24, 2.45) is 0 Å². The van der Waals surface area contributed by atoms with Crippen molar-refractivity contribution in [1.82, 2.24) is 9.78 Å². The molecule has 0 atom stereocenters. The van der Waals surface area contributed by atoms with E-state index in [-0.39, 0.29) is 0 Å². The van der Waals surface area contributed by atoms with E-state index in [4.69, 9.17) is 11.6 Å². The topological polar surface area (TPSA) is 59.0 Å². The molecule has 1 aromatic heterocycles. The van der Waals surface area contributed by atoms with Crippen LogP contribution in [0.1, 0.15) is 11.1 Å². The van der Waals surface area contributed by atoms with E-state index in [1.54, 1.807) is 22.9 Å². The molecule has 0 aliphatic carbocycles. The third-order valence-electron chi connectivity index (χ3n) is 3.54. The van der Waals surface area contributed by atoms with Crippen molar-refractivity contribution in [1.29, 1.82) is 0 Å². The first-order chi connectivity index (χ1) is 12.0. The molecule has 0 aliphatic heterocycles. The first kappa shape index (κ1) is 17.5. The summed E-state index contributed by atoms with van der Waals surface area (Å²) >= 11 is 9.44. The van der Waals surface area contributed by atoms with Gasteiger partial charge in [-0.25, -0.2) is 4.79 Å². The Kier molecular flexibility index (Phi) is 5.40. The lowest BCUT2D eigenvalue weighted by atomic mass is 10.2. The van der Waals surface area contributed by atoms with Gasteiger partial charge in [0.2, 0.25) is 0 Å². The van der Waals surface area contributed by atoms with Crippen molar-refractivity contribution in [3.8, 4) is 0 Å². The van der Waals surface area contributed by atoms with Crippen molar-refractivity contribution in [2.75, 3.05) is 10.6 Å². The molecule has 3 rings (SSSR count). The van der Waals surface area contributed by atoms with Crippen LogP contribution in [0.5, 0.6) is 0 Å². The minimum atomic E-state index is -0.391. The van der Waals surface area contributed by atoms with Gasteiger partial charge in [0.25, 0.3) is 0 Å². The summed E-state index contributed by atoms with van der Waals surface area (Å²) < 4.78 is 2.64. The Labute approximate surface area is 159 Å². The number of urea groups is 1. The predicted molar refractivity (Wildman–Crippen MR) is 104 cm³/mol. The first-order valence-electron chi connectivity index (χ1n) is 7.62. The maximum atomic E-state index is 12.2. The largest absolute Gasteiger partial charge is 0.324 e. The lowest BCUT2D eigenvalue weighted by Gasteiger charge is -2.08. The Bertz CT molecular complexity index is 895. The Morgan fingerprint density at radius 2 is 1.96 bits per heavy atom. The molecule has 1 heterocycles. The van der Waals surface area contributed by atoms with Gasteiger partial charge in [-0.2, -0.15) is 5.10 Å². The van der Waals surface area contributed by atoms with Gasteiger partial charge in [-0.05, 0) is 30.7 Å². The number of benzene rings is 2. The van der Waals surface area contributed by atoms with Gasteiger partial charge in [0.1, 0.15) is 0 Å². The summed E-state index contributed by atoms with van der Waals surface area (Å²) in [7, 11) is 0. The zero-order chi connectivity index (χ0) is 17.8. The van der Waals surface area contributed by atoms with Crippen LogP contribution in [0.4, 0.5) is 16.3 Å². The molecule has 0 spiro atoms. The molecule has 0 unspecified atom stereocenters. The van der Waals surface area contributed by atoms with Gasteiger partial charge in [0, 0.05) is 16.2 Å². The summed E-state index contributed by atoms with van der Waals surface area (Å²) in [4.78, 5) is 12.2. The van der Waals surface area contributed by atoms with Gasteiger partial charge >= 0.3 is 6.03 Å². The second-order valence-electron chi connectivity index (χ2n) is 5.55. The number of nitrogens with zero attached hydrogens (tertiary/aromatic N) is 2. The molecule has 2 amide bonds. The lowest BCUT2D eigenvalue weighted by Crippen LogP contribution is -2.20. The van der Waals surface area contributed by atoms with E-state index in [0.717, 1.165) is 15.6 Å². The zero-order valence-electron chi connectivity index (χ0n) is 13.5. The van der Waals surface area contributed by atoms with Crippen LogP contribution in [-0.4, -0.2) is 15.8 Å². The fraction of sp³-hybridized carbons (Fsp3) is 0.111. The molecule has 0 fully saturated rings. The third kappa shape index (κ3) is 4.61. The standard InChI is InChI=1S/C18H16BrClN4O/c1-12-10-24(11-13-5-3-2-4-6-13)23-17(12)22-18(25)21-16-8-7-14(19)9-15(16)20/h2-10H,11H2,1H3,(H2,21,22,23,25). The summed E-state index contributed by atoms with van der Waals surface area (Å²) in [6.45, 7) is 2.54. The average molecular weight is 420 g/mol. The Morgan fingerprint density at radius 3 is 2.68 bits per heavy atom. The number of nitrogens with one attached hydrogen (secondary N) is 2. The molecule has 2 aromatic carbocycles. The van der Waals surface area contributed by atoms with Gasteiger partial charge in [-0.1, -0.05) is 57.9 Å². The maximum Gasteiger partial charge on any atom is 0.324 e. The monoisotopic (exact) mass is 418 g/mol. The maximum absolute atomic E-state index is 12.2. The summed E-state index contributed by atoms with van der Waals surface area (Å²) in [6.07, 6.45) is 1.90. The molecular weight excluding hydrogens is 404 g/mol. The second-order valence-corrected chi connectivity index (χ2v) is 6.87. The van der Waals surface area contributed by atoms with Crippen LogP contribution < -0.4 is 10.6 Å². The highest BCUT2D eigenvalue weighted by molar-refractivity contribution is 9.10. The zero-order valence-corrected chi connectivity index (χ0v) is 15.8. The van der Waals surface area contributed by atoms with Crippen LogP contribution in [0.25, 0.3) is 0 Å². The number of aryl methyl sites for hydroxylation is 1. The van der Waals surface area contributed by atoms with E-state index < -0.39 is 6.03 Å². The first-order valence-corrected chi connectivity index (χ1v) is 8.79. The SMILES string of the molecule is Cc1cn(Cc2ccccc2)nc1NC(=O)Nc1ccc(Br)cc1Cl. The molecule has 0 saturated heterocycles. The quantitative estimate of drug-likeness (QED) is 0.603. The highest BCUT2D eigenvalue weighted by Crippen LogP contribution is 2.25. The predicted octanol–water partition coefficient (Wildman–Crippen LogP) is 5.30. The van der Waals surface area contributed by atoms with E-state index in [1.165, 1.54) is 0 Å². The van der Waals surface area contributed by atoms with Crippen LogP contribution in [-0.2, 0) is 6.54 Å². The number of carbonyl (C=O) groups excluding carboxylic acids is 1. The number of anilines is 2. The number of rotatable bonds is 4. The molecule has 25 heavy (non-hydrogen) atoms. The van der Waals surface area contributed by atoms with E-state index in [1.807, 2.05) is 43.5 Å². The van der Waals surface area contributed by atoms with Crippen molar-refractivity contribution in [3.63, 3.8) is 0 Å². The Hall–Kier alpha value is -2.31. The smallest absolute Gasteiger partial charge is 0.306 e. The fourth-order valence-electron chi connectivity index (χ4n) is 2.35. The van der Waals surface area contributed by atoms with E-state index in [0.29, 0.717) is 23.1 Å². The Balaban J connectivity index is 1.67. The van der Waals surface area contributed by atoms with Gasteiger partial charge in [0.05, 0.1) is 17.3 Å². The van der Waals surface area contributed by atoms with Crippen LogP contribution in [0.15, 0.2) is 59.2 Å². The number of halogens is 2. The normalized spacial score (nSPS) is 10.5. The average Bonchev–Trinajstić information content (AvgIpc) is 2.90. The van der Waals surface area contributed by atoms with E-state index in [9.17, 15) is 4.79 Å². The second kappa shape index (κ2) is 7.72.